The first kappa shape index (κ1) is 18.1. The standard InChI is InChI=1S/C16H16ClNO5S/c1-22-14-8-7-13(10-15(14)23-2)24(20,21)18-16(19)9-11-3-5-12(17)6-4-11/h3-8,10H,9H2,1-2H3,(H,18,19). The maximum absolute atomic E-state index is 12.3. The van der Waals surface area contributed by atoms with E-state index in [0.717, 1.165) is 0 Å². The Balaban J connectivity index is 2.15. The van der Waals surface area contributed by atoms with Crippen LogP contribution in [0, 0.1) is 0 Å². The number of nitrogens with one attached hydrogen (secondary N) is 1. The lowest BCUT2D eigenvalue weighted by atomic mass is 10.1. The van der Waals surface area contributed by atoms with Crippen LogP contribution in [-0.4, -0.2) is 28.5 Å². The Morgan fingerprint density at radius 3 is 2.25 bits per heavy atom. The Morgan fingerprint density at radius 2 is 1.67 bits per heavy atom. The summed E-state index contributed by atoms with van der Waals surface area (Å²) in [6.07, 6.45) is -0.0797. The molecule has 0 aliphatic heterocycles. The van der Waals surface area contributed by atoms with Gasteiger partial charge in [0.05, 0.1) is 25.5 Å². The first-order chi connectivity index (χ1) is 11.4. The number of amides is 1. The van der Waals surface area contributed by atoms with Gasteiger partial charge in [0.15, 0.2) is 11.5 Å². The number of hydrogen-bond acceptors (Lipinski definition) is 5. The first-order valence-corrected chi connectivity index (χ1v) is 8.74. The molecule has 0 atom stereocenters. The fourth-order valence-corrected chi connectivity index (χ4v) is 3.14. The van der Waals surface area contributed by atoms with Gasteiger partial charge in [-0.25, -0.2) is 13.1 Å². The maximum atomic E-state index is 12.3. The summed E-state index contributed by atoms with van der Waals surface area (Å²) in [6, 6.07) is 10.7. The smallest absolute Gasteiger partial charge is 0.264 e. The summed E-state index contributed by atoms with van der Waals surface area (Å²) in [7, 11) is -1.17. The minimum atomic E-state index is -4.01. The SMILES string of the molecule is COc1ccc(S(=O)(=O)NC(=O)Cc2ccc(Cl)cc2)cc1OC. The molecule has 0 saturated carbocycles. The van der Waals surface area contributed by atoms with Gasteiger partial charge in [0.1, 0.15) is 0 Å². The predicted molar refractivity (Wildman–Crippen MR) is 90.0 cm³/mol. The van der Waals surface area contributed by atoms with Crippen molar-refractivity contribution in [1.29, 1.82) is 0 Å². The second-order valence-electron chi connectivity index (χ2n) is 4.85. The first-order valence-electron chi connectivity index (χ1n) is 6.88. The molecule has 0 fully saturated rings. The predicted octanol–water partition coefficient (Wildman–Crippen LogP) is 2.40. The molecule has 0 radical (unpaired) electrons. The van der Waals surface area contributed by atoms with E-state index in [-0.39, 0.29) is 17.1 Å². The van der Waals surface area contributed by atoms with Crippen LogP contribution in [0.25, 0.3) is 0 Å². The highest BCUT2D eigenvalue weighted by atomic mass is 35.5. The minimum absolute atomic E-state index is 0.0797. The van der Waals surface area contributed by atoms with Gasteiger partial charge >= 0.3 is 0 Å². The zero-order chi connectivity index (χ0) is 17.7. The highest BCUT2D eigenvalue weighted by Gasteiger charge is 2.20. The third-order valence-corrected chi connectivity index (χ3v) is 4.81. The summed E-state index contributed by atoms with van der Waals surface area (Å²) in [5.74, 6) is 0.00146. The van der Waals surface area contributed by atoms with E-state index in [4.69, 9.17) is 21.1 Å². The number of hydrogen-bond donors (Lipinski definition) is 1. The monoisotopic (exact) mass is 369 g/mol. The van der Waals surface area contributed by atoms with Crippen LogP contribution in [0.1, 0.15) is 5.56 Å². The summed E-state index contributed by atoms with van der Waals surface area (Å²) >= 11 is 5.77. The molecule has 1 amide bonds. The average molecular weight is 370 g/mol. The molecule has 0 saturated heterocycles. The largest absolute Gasteiger partial charge is 0.493 e. The lowest BCUT2D eigenvalue weighted by molar-refractivity contribution is -0.118. The van der Waals surface area contributed by atoms with Crippen molar-refractivity contribution in [2.24, 2.45) is 0 Å². The second kappa shape index (κ2) is 7.55. The highest BCUT2D eigenvalue weighted by molar-refractivity contribution is 7.90. The lowest BCUT2D eigenvalue weighted by Crippen LogP contribution is -2.31. The average Bonchev–Trinajstić information content (AvgIpc) is 2.55. The van der Waals surface area contributed by atoms with E-state index in [9.17, 15) is 13.2 Å². The van der Waals surface area contributed by atoms with Crippen LogP contribution in [-0.2, 0) is 21.2 Å². The normalized spacial score (nSPS) is 11.0. The van der Waals surface area contributed by atoms with Crippen molar-refractivity contribution in [3.05, 3.63) is 53.1 Å². The molecule has 0 aliphatic rings. The molecule has 1 N–H and O–H groups in total. The van der Waals surface area contributed by atoms with Gasteiger partial charge in [-0.05, 0) is 29.8 Å². The summed E-state index contributed by atoms with van der Waals surface area (Å²) < 4.78 is 36.8. The van der Waals surface area contributed by atoms with Crippen LogP contribution in [0.3, 0.4) is 0 Å². The Hall–Kier alpha value is -2.25. The number of carbonyl (C=O) groups excluding carboxylic acids is 1. The molecule has 8 heteroatoms. The molecule has 128 valence electrons. The van der Waals surface area contributed by atoms with Gasteiger partial charge in [-0.1, -0.05) is 23.7 Å². The van der Waals surface area contributed by atoms with Crippen molar-refractivity contribution >= 4 is 27.5 Å². The molecule has 2 rings (SSSR count). The topological polar surface area (TPSA) is 81.7 Å². The van der Waals surface area contributed by atoms with Gasteiger partial charge in [-0.2, -0.15) is 0 Å². The number of rotatable bonds is 6. The van der Waals surface area contributed by atoms with Crippen LogP contribution >= 0.6 is 11.6 Å². The van der Waals surface area contributed by atoms with Crippen molar-refractivity contribution in [2.45, 2.75) is 11.3 Å². The van der Waals surface area contributed by atoms with Crippen LogP contribution in [0.5, 0.6) is 11.5 Å². The molecule has 0 heterocycles. The Morgan fingerprint density at radius 1 is 1.04 bits per heavy atom. The molecule has 0 unspecified atom stereocenters. The van der Waals surface area contributed by atoms with E-state index in [1.807, 2.05) is 4.72 Å². The van der Waals surface area contributed by atoms with E-state index in [1.54, 1.807) is 24.3 Å². The number of halogens is 1. The fourth-order valence-electron chi connectivity index (χ4n) is 2.02. The van der Waals surface area contributed by atoms with Gasteiger partial charge in [-0.3, -0.25) is 4.79 Å². The van der Waals surface area contributed by atoms with Crippen molar-refractivity contribution < 1.29 is 22.7 Å². The van der Waals surface area contributed by atoms with Gasteiger partial charge in [0.2, 0.25) is 5.91 Å². The third-order valence-electron chi connectivity index (χ3n) is 3.19. The molecule has 0 bridgehead atoms. The van der Waals surface area contributed by atoms with Crippen molar-refractivity contribution in [2.75, 3.05) is 14.2 Å². The highest BCUT2D eigenvalue weighted by Crippen LogP contribution is 2.29. The summed E-state index contributed by atoms with van der Waals surface area (Å²) in [5, 5.41) is 0.539. The summed E-state index contributed by atoms with van der Waals surface area (Å²) in [4.78, 5) is 11.9. The maximum Gasteiger partial charge on any atom is 0.264 e. The molecule has 0 aromatic heterocycles. The minimum Gasteiger partial charge on any atom is -0.493 e. The zero-order valence-electron chi connectivity index (χ0n) is 13.1. The molecule has 0 aliphatic carbocycles. The van der Waals surface area contributed by atoms with Crippen LogP contribution < -0.4 is 14.2 Å². The van der Waals surface area contributed by atoms with Crippen LogP contribution in [0.2, 0.25) is 5.02 Å². The number of carbonyl (C=O) groups is 1. The van der Waals surface area contributed by atoms with Crippen molar-refractivity contribution in [3.8, 4) is 11.5 Å². The molecular formula is C16H16ClNO5S. The molecule has 2 aromatic rings. The number of benzene rings is 2. The molecule has 6 nitrogen and oxygen atoms in total. The quantitative estimate of drug-likeness (QED) is 0.845. The van der Waals surface area contributed by atoms with Crippen LogP contribution in [0.15, 0.2) is 47.4 Å². The molecular weight excluding hydrogens is 354 g/mol. The van der Waals surface area contributed by atoms with E-state index in [2.05, 4.69) is 0 Å². The van der Waals surface area contributed by atoms with E-state index >= 15 is 0 Å². The van der Waals surface area contributed by atoms with Gasteiger partial charge in [0, 0.05) is 11.1 Å². The summed E-state index contributed by atoms with van der Waals surface area (Å²) in [5.41, 5.74) is 0.652. The van der Waals surface area contributed by atoms with Crippen molar-refractivity contribution in [3.63, 3.8) is 0 Å². The lowest BCUT2D eigenvalue weighted by Gasteiger charge is -2.11. The fraction of sp³-hybridized carbons (Fsp3) is 0.188. The van der Waals surface area contributed by atoms with Gasteiger partial charge < -0.3 is 9.47 Å². The number of sulfonamides is 1. The van der Waals surface area contributed by atoms with E-state index in [1.165, 1.54) is 32.4 Å². The van der Waals surface area contributed by atoms with Gasteiger partial charge in [0.25, 0.3) is 10.0 Å². The number of ether oxygens (including phenoxy) is 2. The Labute approximate surface area is 145 Å². The molecule has 24 heavy (non-hydrogen) atoms. The number of methoxy groups -OCH3 is 2. The Kier molecular flexibility index (Phi) is 5.69. The second-order valence-corrected chi connectivity index (χ2v) is 6.97. The van der Waals surface area contributed by atoms with E-state index in [0.29, 0.717) is 16.3 Å². The molecule has 0 spiro atoms. The third kappa shape index (κ3) is 4.39. The van der Waals surface area contributed by atoms with E-state index < -0.39 is 15.9 Å². The van der Waals surface area contributed by atoms with Gasteiger partial charge in [-0.15, -0.1) is 0 Å². The Bertz CT molecular complexity index is 834. The van der Waals surface area contributed by atoms with Crippen LogP contribution in [0.4, 0.5) is 0 Å². The molecule has 2 aromatic carbocycles. The van der Waals surface area contributed by atoms with Crippen molar-refractivity contribution in [1.82, 2.24) is 4.72 Å². The zero-order valence-corrected chi connectivity index (χ0v) is 14.6. The summed E-state index contributed by atoms with van der Waals surface area (Å²) in [6.45, 7) is 0.